The molecule has 6 nitrogen and oxygen atoms in total. The number of piperidine rings is 1. The fraction of sp³-hybridized carbons (Fsp3) is 0.500. The second-order valence-corrected chi connectivity index (χ2v) is 7.98. The first-order valence-electron chi connectivity index (χ1n) is 7.90. The molecule has 23 heavy (non-hydrogen) atoms. The average molecular weight is 335 g/mol. The molecule has 1 aromatic heterocycles. The third-order valence-corrected chi connectivity index (χ3v) is 5.98. The topological polar surface area (TPSA) is 76.3 Å². The molecule has 1 unspecified atom stereocenters. The van der Waals surface area contributed by atoms with Crippen molar-refractivity contribution in [3.8, 4) is 0 Å². The zero-order chi connectivity index (χ0) is 16.4. The van der Waals surface area contributed by atoms with Crippen molar-refractivity contribution >= 4 is 10.0 Å². The Morgan fingerprint density at radius 3 is 2.61 bits per heavy atom. The minimum atomic E-state index is -3.56. The number of nitrogens with zero attached hydrogens (tertiary/aromatic N) is 3. The van der Waals surface area contributed by atoms with Gasteiger partial charge in [-0.25, -0.2) is 8.42 Å². The number of benzene rings is 1. The molecule has 0 saturated carbocycles. The summed E-state index contributed by atoms with van der Waals surface area (Å²) in [5, 5.41) is 3.97. The lowest BCUT2D eigenvalue weighted by atomic mass is 10.1. The molecular formula is C16H21N3O3S. The third-order valence-electron chi connectivity index (χ3n) is 4.06. The van der Waals surface area contributed by atoms with Crippen LogP contribution in [-0.4, -0.2) is 29.4 Å². The van der Waals surface area contributed by atoms with Gasteiger partial charge in [-0.1, -0.05) is 43.6 Å². The molecule has 1 fully saturated rings. The van der Waals surface area contributed by atoms with Crippen molar-refractivity contribution in [2.75, 3.05) is 6.54 Å². The van der Waals surface area contributed by atoms with Crippen LogP contribution in [0.2, 0.25) is 0 Å². The van der Waals surface area contributed by atoms with Gasteiger partial charge in [0.2, 0.25) is 15.9 Å². The minimum absolute atomic E-state index is 0.148. The SMILES string of the molecule is CC(C)c1noc(C2CCCCN2S(=O)(=O)c2ccccc2)n1. The molecule has 0 radical (unpaired) electrons. The summed E-state index contributed by atoms with van der Waals surface area (Å²) in [5.41, 5.74) is 0. The highest BCUT2D eigenvalue weighted by Gasteiger charge is 2.37. The Hall–Kier alpha value is -1.73. The molecule has 1 saturated heterocycles. The van der Waals surface area contributed by atoms with E-state index in [4.69, 9.17) is 4.52 Å². The molecule has 124 valence electrons. The second kappa shape index (κ2) is 6.41. The summed E-state index contributed by atoms with van der Waals surface area (Å²) in [5.74, 6) is 1.16. The molecule has 2 aromatic rings. The van der Waals surface area contributed by atoms with Crippen molar-refractivity contribution in [2.24, 2.45) is 0 Å². The molecule has 7 heteroatoms. The summed E-state index contributed by atoms with van der Waals surface area (Å²) in [6.45, 7) is 4.43. The van der Waals surface area contributed by atoms with E-state index in [2.05, 4.69) is 10.1 Å². The molecule has 0 aliphatic carbocycles. The van der Waals surface area contributed by atoms with Crippen LogP contribution in [0.15, 0.2) is 39.8 Å². The lowest BCUT2D eigenvalue weighted by Crippen LogP contribution is -2.38. The van der Waals surface area contributed by atoms with E-state index in [1.807, 2.05) is 13.8 Å². The highest BCUT2D eigenvalue weighted by molar-refractivity contribution is 7.89. The van der Waals surface area contributed by atoms with Crippen LogP contribution in [0.5, 0.6) is 0 Å². The molecule has 1 aliphatic rings. The predicted molar refractivity (Wildman–Crippen MR) is 85.3 cm³/mol. The van der Waals surface area contributed by atoms with Gasteiger partial charge in [0.25, 0.3) is 0 Å². The molecule has 2 heterocycles. The van der Waals surface area contributed by atoms with E-state index >= 15 is 0 Å². The van der Waals surface area contributed by atoms with Gasteiger partial charge in [0.05, 0.1) is 4.90 Å². The van der Waals surface area contributed by atoms with E-state index in [0.717, 1.165) is 12.8 Å². The van der Waals surface area contributed by atoms with E-state index in [0.29, 0.717) is 29.6 Å². The highest BCUT2D eigenvalue weighted by Crippen LogP contribution is 2.35. The Morgan fingerprint density at radius 2 is 1.96 bits per heavy atom. The number of sulfonamides is 1. The van der Waals surface area contributed by atoms with Crippen LogP contribution >= 0.6 is 0 Å². The van der Waals surface area contributed by atoms with Crippen LogP contribution < -0.4 is 0 Å². The lowest BCUT2D eigenvalue weighted by Gasteiger charge is -2.32. The van der Waals surface area contributed by atoms with E-state index in [-0.39, 0.29) is 12.0 Å². The van der Waals surface area contributed by atoms with Gasteiger partial charge in [0.15, 0.2) is 5.82 Å². The Bertz CT molecular complexity index is 756. The maximum Gasteiger partial charge on any atom is 0.245 e. The zero-order valence-corrected chi connectivity index (χ0v) is 14.2. The minimum Gasteiger partial charge on any atom is -0.338 e. The Labute approximate surface area is 136 Å². The zero-order valence-electron chi connectivity index (χ0n) is 13.3. The summed E-state index contributed by atoms with van der Waals surface area (Å²) in [6, 6.07) is 8.13. The maximum absolute atomic E-state index is 12.9. The highest BCUT2D eigenvalue weighted by atomic mass is 32.2. The van der Waals surface area contributed by atoms with Gasteiger partial charge in [-0.15, -0.1) is 0 Å². The summed E-state index contributed by atoms with van der Waals surface area (Å²) in [7, 11) is -3.56. The van der Waals surface area contributed by atoms with Gasteiger partial charge in [0, 0.05) is 12.5 Å². The maximum atomic E-state index is 12.9. The van der Waals surface area contributed by atoms with Crippen LogP contribution in [0, 0.1) is 0 Å². The van der Waals surface area contributed by atoms with Crippen LogP contribution in [0.4, 0.5) is 0 Å². The first kappa shape index (κ1) is 16.1. The first-order chi connectivity index (χ1) is 11.0. The lowest BCUT2D eigenvalue weighted by molar-refractivity contribution is 0.204. The summed E-state index contributed by atoms with van der Waals surface area (Å²) >= 11 is 0. The summed E-state index contributed by atoms with van der Waals surface area (Å²) in [6.07, 6.45) is 2.49. The second-order valence-electron chi connectivity index (χ2n) is 6.09. The monoisotopic (exact) mass is 335 g/mol. The summed E-state index contributed by atoms with van der Waals surface area (Å²) in [4.78, 5) is 4.71. The van der Waals surface area contributed by atoms with Crippen molar-refractivity contribution < 1.29 is 12.9 Å². The van der Waals surface area contributed by atoms with Crippen molar-refractivity contribution in [2.45, 2.75) is 50.0 Å². The Balaban J connectivity index is 1.95. The molecule has 0 spiro atoms. The number of rotatable bonds is 4. The van der Waals surface area contributed by atoms with E-state index in [1.54, 1.807) is 30.3 Å². The summed E-state index contributed by atoms with van der Waals surface area (Å²) < 4.78 is 32.8. The average Bonchev–Trinajstić information content (AvgIpc) is 3.06. The predicted octanol–water partition coefficient (Wildman–Crippen LogP) is 3.11. The van der Waals surface area contributed by atoms with Crippen LogP contribution in [0.25, 0.3) is 0 Å². The molecule has 1 aromatic carbocycles. The van der Waals surface area contributed by atoms with Crippen LogP contribution in [-0.2, 0) is 10.0 Å². The Kier molecular flexibility index (Phi) is 4.50. The third kappa shape index (κ3) is 3.16. The van der Waals surface area contributed by atoms with Gasteiger partial charge in [-0.05, 0) is 25.0 Å². The van der Waals surface area contributed by atoms with Crippen LogP contribution in [0.1, 0.15) is 56.8 Å². The number of hydrogen-bond acceptors (Lipinski definition) is 5. The van der Waals surface area contributed by atoms with Crippen LogP contribution in [0.3, 0.4) is 0 Å². The van der Waals surface area contributed by atoms with Crippen molar-refractivity contribution in [3.05, 3.63) is 42.0 Å². The molecule has 3 rings (SSSR count). The van der Waals surface area contributed by atoms with Crippen molar-refractivity contribution in [3.63, 3.8) is 0 Å². The quantitative estimate of drug-likeness (QED) is 0.858. The molecular weight excluding hydrogens is 314 g/mol. The molecule has 0 amide bonds. The van der Waals surface area contributed by atoms with Gasteiger partial charge in [-0.3, -0.25) is 0 Å². The van der Waals surface area contributed by atoms with Gasteiger partial charge in [-0.2, -0.15) is 9.29 Å². The van der Waals surface area contributed by atoms with Gasteiger partial charge >= 0.3 is 0 Å². The van der Waals surface area contributed by atoms with E-state index < -0.39 is 10.0 Å². The number of hydrogen-bond donors (Lipinski definition) is 0. The fourth-order valence-electron chi connectivity index (χ4n) is 2.78. The molecule has 0 N–H and O–H groups in total. The first-order valence-corrected chi connectivity index (χ1v) is 9.34. The van der Waals surface area contributed by atoms with E-state index in [9.17, 15) is 8.42 Å². The van der Waals surface area contributed by atoms with E-state index in [1.165, 1.54) is 4.31 Å². The number of aromatic nitrogens is 2. The molecule has 0 bridgehead atoms. The fourth-order valence-corrected chi connectivity index (χ4v) is 4.46. The standard InChI is InChI=1S/C16H21N3O3S/c1-12(2)15-17-16(22-18-15)14-10-6-7-11-19(14)23(20,21)13-8-4-3-5-9-13/h3-5,8-9,12,14H,6-7,10-11H2,1-2H3. The van der Waals surface area contributed by atoms with Crippen molar-refractivity contribution in [1.82, 2.24) is 14.4 Å². The molecule has 1 aliphatic heterocycles. The Morgan fingerprint density at radius 1 is 1.22 bits per heavy atom. The van der Waals surface area contributed by atoms with Gasteiger partial charge in [0.1, 0.15) is 6.04 Å². The largest absolute Gasteiger partial charge is 0.338 e. The van der Waals surface area contributed by atoms with Crippen molar-refractivity contribution in [1.29, 1.82) is 0 Å². The normalized spacial score (nSPS) is 20.0. The van der Waals surface area contributed by atoms with Gasteiger partial charge < -0.3 is 4.52 Å². The smallest absolute Gasteiger partial charge is 0.245 e. The molecule has 1 atom stereocenters.